The van der Waals surface area contributed by atoms with Crippen molar-refractivity contribution in [3.8, 4) is 0 Å². The van der Waals surface area contributed by atoms with Gasteiger partial charge in [-0.1, -0.05) is 18.2 Å². The van der Waals surface area contributed by atoms with E-state index in [1.807, 2.05) is 24.7 Å². The third kappa shape index (κ3) is 4.03. The first-order chi connectivity index (χ1) is 11.6. The van der Waals surface area contributed by atoms with Gasteiger partial charge in [-0.25, -0.2) is 4.98 Å². The molecule has 0 atom stereocenters. The molecule has 3 rings (SSSR count). The molecular formula is C16H14N4O2S2. The lowest BCUT2D eigenvalue weighted by molar-refractivity contribution is -0.117. The van der Waals surface area contributed by atoms with Crippen LogP contribution in [0.2, 0.25) is 0 Å². The summed E-state index contributed by atoms with van der Waals surface area (Å²) in [6.45, 7) is 0. The molecule has 2 amide bonds. The largest absolute Gasteiger partial charge is 0.327 e. The Labute approximate surface area is 146 Å². The van der Waals surface area contributed by atoms with Crippen LogP contribution < -0.4 is 10.1 Å². The summed E-state index contributed by atoms with van der Waals surface area (Å²) in [6, 6.07) is 8.90. The number of hydrogen-bond acceptors (Lipinski definition) is 5. The van der Waals surface area contributed by atoms with Gasteiger partial charge in [-0.05, 0) is 12.1 Å². The highest BCUT2D eigenvalue weighted by atomic mass is 32.1. The van der Waals surface area contributed by atoms with Crippen LogP contribution in [0.3, 0.4) is 0 Å². The first kappa shape index (κ1) is 16.3. The third-order valence-electron chi connectivity index (χ3n) is 3.12. The highest BCUT2D eigenvalue weighted by Gasteiger charge is 2.10. The summed E-state index contributed by atoms with van der Waals surface area (Å²) in [5.41, 5.74) is 1.15. The van der Waals surface area contributed by atoms with E-state index in [0.717, 1.165) is 0 Å². The van der Waals surface area contributed by atoms with Crippen LogP contribution >= 0.6 is 22.7 Å². The second kappa shape index (κ2) is 7.33. The minimum Gasteiger partial charge on any atom is -0.327 e. The second-order valence-electron chi connectivity index (χ2n) is 4.94. The standard InChI is InChI=1S/C16H14N4O2S2/c1-20-7-8-23-16(20)18-13(21)9-12-10-24-15(17-12)19-14(22)11-5-3-2-4-6-11/h2-8,10H,9H2,1H3,(H,17,19,22). The quantitative estimate of drug-likeness (QED) is 0.778. The van der Waals surface area contributed by atoms with E-state index in [2.05, 4.69) is 15.3 Å². The minimum absolute atomic E-state index is 0.107. The number of rotatable bonds is 4. The van der Waals surface area contributed by atoms with Gasteiger partial charge in [-0.3, -0.25) is 14.9 Å². The van der Waals surface area contributed by atoms with Gasteiger partial charge in [0.2, 0.25) is 0 Å². The molecule has 2 aromatic heterocycles. The van der Waals surface area contributed by atoms with Gasteiger partial charge in [0.1, 0.15) is 0 Å². The fourth-order valence-corrected chi connectivity index (χ4v) is 3.39. The molecule has 0 aliphatic heterocycles. The maximum atomic E-state index is 12.1. The van der Waals surface area contributed by atoms with E-state index in [9.17, 15) is 9.59 Å². The molecule has 0 saturated carbocycles. The fraction of sp³-hybridized carbons (Fsp3) is 0.125. The number of anilines is 1. The van der Waals surface area contributed by atoms with Crippen molar-refractivity contribution in [2.24, 2.45) is 12.0 Å². The smallest absolute Gasteiger partial charge is 0.257 e. The van der Waals surface area contributed by atoms with E-state index < -0.39 is 0 Å². The zero-order valence-electron chi connectivity index (χ0n) is 12.8. The van der Waals surface area contributed by atoms with Gasteiger partial charge in [0.15, 0.2) is 9.93 Å². The average molecular weight is 358 g/mol. The van der Waals surface area contributed by atoms with E-state index in [4.69, 9.17) is 0 Å². The summed E-state index contributed by atoms with van der Waals surface area (Å²) < 4.78 is 1.79. The number of nitrogens with zero attached hydrogens (tertiary/aromatic N) is 3. The summed E-state index contributed by atoms with van der Waals surface area (Å²) in [5, 5.41) is 6.82. The number of thiazole rings is 2. The Morgan fingerprint density at radius 2 is 2.04 bits per heavy atom. The van der Waals surface area contributed by atoms with Crippen molar-refractivity contribution in [1.29, 1.82) is 0 Å². The van der Waals surface area contributed by atoms with Crippen molar-refractivity contribution < 1.29 is 9.59 Å². The maximum absolute atomic E-state index is 12.1. The SMILES string of the molecule is Cn1ccsc1=NC(=O)Cc1csc(NC(=O)c2ccccc2)n1. The summed E-state index contributed by atoms with van der Waals surface area (Å²) in [6.07, 6.45) is 1.95. The number of nitrogens with one attached hydrogen (secondary N) is 1. The number of aromatic nitrogens is 2. The molecule has 24 heavy (non-hydrogen) atoms. The average Bonchev–Trinajstić information content (AvgIpc) is 3.18. The van der Waals surface area contributed by atoms with Gasteiger partial charge in [0.05, 0.1) is 12.1 Å². The van der Waals surface area contributed by atoms with Gasteiger partial charge < -0.3 is 4.57 Å². The summed E-state index contributed by atoms with van der Waals surface area (Å²) >= 11 is 2.69. The van der Waals surface area contributed by atoms with Gasteiger partial charge in [0, 0.05) is 29.6 Å². The van der Waals surface area contributed by atoms with Crippen LogP contribution in [0.15, 0.2) is 52.3 Å². The van der Waals surface area contributed by atoms with Crippen molar-refractivity contribution >= 4 is 39.6 Å². The molecule has 0 unspecified atom stereocenters. The van der Waals surface area contributed by atoms with Gasteiger partial charge in [-0.15, -0.1) is 22.7 Å². The van der Waals surface area contributed by atoms with Crippen LogP contribution in [0.5, 0.6) is 0 Å². The molecule has 1 N–H and O–H groups in total. The molecule has 6 nitrogen and oxygen atoms in total. The monoisotopic (exact) mass is 358 g/mol. The summed E-state index contributed by atoms with van der Waals surface area (Å²) in [7, 11) is 1.84. The topological polar surface area (TPSA) is 76.3 Å². The lowest BCUT2D eigenvalue weighted by atomic mass is 10.2. The van der Waals surface area contributed by atoms with Crippen molar-refractivity contribution in [3.05, 3.63) is 63.3 Å². The number of benzene rings is 1. The molecule has 0 bridgehead atoms. The van der Waals surface area contributed by atoms with Gasteiger partial charge in [0.25, 0.3) is 11.8 Å². The van der Waals surface area contributed by atoms with Crippen molar-refractivity contribution in [2.75, 3.05) is 5.32 Å². The van der Waals surface area contributed by atoms with Crippen LogP contribution in [0.25, 0.3) is 0 Å². The van der Waals surface area contributed by atoms with Crippen LogP contribution in [0.1, 0.15) is 16.1 Å². The Kier molecular flexibility index (Phi) is 4.97. The molecule has 0 aliphatic rings. The van der Waals surface area contributed by atoms with Crippen LogP contribution in [0, 0.1) is 0 Å². The summed E-state index contributed by atoms with van der Waals surface area (Å²) in [5.74, 6) is -0.489. The van der Waals surface area contributed by atoms with E-state index in [-0.39, 0.29) is 18.2 Å². The normalized spacial score (nSPS) is 11.5. The van der Waals surface area contributed by atoms with Crippen LogP contribution in [-0.4, -0.2) is 21.4 Å². The molecule has 0 fully saturated rings. The van der Waals surface area contributed by atoms with E-state index in [0.29, 0.717) is 21.2 Å². The molecule has 0 spiro atoms. The predicted octanol–water partition coefficient (Wildman–Crippen LogP) is 2.47. The highest BCUT2D eigenvalue weighted by molar-refractivity contribution is 7.14. The van der Waals surface area contributed by atoms with E-state index >= 15 is 0 Å². The van der Waals surface area contributed by atoms with E-state index in [1.54, 1.807) is 34.2 Å². The maximum Gasteiger partial charge on any atom is 0.257 e. The predicted molar refractivity (Wildman–Crippen MR) is 94.1 cm³/mol. The first-order valence-electron chi connectivity index (χ1n) is 7.10. The second-order valence-corrected chi connectivity index (χ2v) is 6.67. The Morgan fingerprint density at radius 3 is 2.75 bits per heavy atom. The highest BCUT2D eigenvalue weighted by Crippen LogP contribution is 2.17. The molecule has 0 radical (unpaired) electrons. The first-order valence-corrected chi connectivity index (χ1v) is 8.86. The Hall–Kier alpha value is -2.58. The molecule has 2 heterocycles. The van der Waals surface area contributed by atoms with Crippen molar-refractivity contribution in [1.82, 2.24) is 9.55 Å². The third-order valence-corrected chi connectivity index (χ3v) is 4.77. The van der Waals surface area contributed by atoms with E-state index in [1.165, 1.54) is 22.7 Å². The molecule has 8 heteroatoms. The van der Waals surface area contributed by atoms with Crippen molar-refractivity contribution in [3.63, 3.8) is 0 Å². The van der Waals surface area contributed by atoms with Crippen LogP contribution in [-0.2, 0) is 18.3 Å². The molecule has 3 aromatic rings. The number of carbonyl (C=O) groups is 2. The van der Waals surface area contributed by atoms with Gasteiger partial charge >= 0.3 is 0 Å². The number of aryl methyl sites for hydroxylation is 1. The molecule has 0 aliphatic carbocycles. The van der Waals surface area contributed by atoms with Crippen LogP contribution in [0.4, 0.5) is 5.13 Å². The molecule has 122 valence electrons. The number of hydrogen-bond donors (Lipinski definition) is 1. The van der Waals surface area contributed by atoms with Gasteiger partial charge in [-0.2, -0.15) is 4.99 Å². The molecule has 0 saturated heterocycles. The van der Waals surface area contributed by atoms with Crippen molar-refractivity contribution in [2.45, 2.75) is 6.42 Å². The lowest BCUT2D eigenvalue weighted by Crippen LogP contribution is -2.14. The Morgan fingerprint density at radius 1 is 1.25 bits per heavy atom. The lowest BCUT2D eigenvalue weighted by Gasteiger charge is -2.00. The fourth-order valence-electron chi connectivity index (χ4n) is 1.94. The molecule has 1 aromatic carbocycles. The number of amides is 2. The zero-order valence-corrected chi connectivity index (χ0v) is 14.4. The Bertz CT molecular complexity index is 925. The Balaban J connectivity index is 1.65. The number of carbonyl (C=O) groups excluding carboxylic acids is 2. The summed E-state index contributed by atoms with van der Waals surface area (Å²) in [4.78, 5) is 33.0. The minimum atomic E-state index is -0.265. The zero-order chi connectivity index (χ0) is 16.9. The molecular weight excluding hydrogens is 344 g/mol.